The van der Waals surface area contributed by atoms with Gasteiger partial charge in [-0.15, -0.1) is 0 Å². The maximum absolute atomic E-state index is 16.1. The summed E-state index contributed by atoms with van der Waals surface area (Å²) in [6, 6.07) is 22.0. The lowest BCUT2D eigenvalue weighted by Gasteiger charge is -2.40. The van der Waals surface area contributed by atoms with Gasteiger partial charge in [0.2, 0.25) is 0 Å². The molecule has 2 saturated heterocycles. The van der Waals surface area contributed by atoms with Gasteiger partial charge >= 0.3 is 0 Å². The van der Waals surface area contributed by atoms with Crippen molar-refractivity contribution in [2.45, 2.75) is 31.2 Å². The number of amides is 1. The van der Waals surface area contributed by atoms with Crippen LogP contribution < -0.4 is 24.6 Å². The van der Waals surface area contributed by atoms with E-state index >= 15 is 4.39 Å². The Morgan fingerprint density at radius 1 is 0.860 bits per heavy atom. The van der Waals surface area contributed by atoms with Gasteiger partial charge in [0.15, 0.2) is 0 Å². The third-order valence-corrected chi connectivity index (χ3v) is 11.0. The van der Waals surface area contributed by atoms with Gasteiger partial charge in [-0.2, -0.15) is 0 Å². The Bertz CT molecular complexity index is 1900. The second kappa shape index (κ2) is 13.5. The maximum atomic E-state index is 16.1. The number of aromatic hydroxyl groups is 1. The summed E-state index contributed by atoms with van der Waals surface area (Å²) in [4.78, 5) is 18.6. The molecule has 4 aliphatic rings. The van der Waals surface area contributed by atoms with Gasteiger partial charge in [0.1, 0.15) is 28.9 Å². The predicted molar refractivity (Wildman–Crippen MR) is 189 cm³/mol. The molecule has 8 nitrogen and oxygen atoms in total. The van der Waals surface area contributed by atoms with Crippen LogP contribution in [0.5, 0.6) is 17.2 Å². The Labute approximate surface area is 291 Å². The molecule has 4 heterocycles. The van der Waals surface area contributed by atoms with Crippen LogP contribution in [0, 0.1) is 17.6 Å². The van der Waals surface area contributed by atoms with Gasteiger partial charge in [-0.1, -0.05) is 24.3 Å². The molecule has 2 fully saturated rings. The molecule has 1 amide bonds. The first kappa shape index (κ1) is 32.4. The van der Waals surface area contributed by atoms with E-state index in [0.717, 1.165) is 86.7 Å². The fourth-order valence-electron chi connectivity index (χ4n) is 8.31. The number of hydrogen-bond acceptors (Lipinski definition) is 7. The van der Waals surface area contributed by atoms with Crippen molar-refractivity contribution >= 4 is 17.3 Å². The number of halogens is 2. The fraction of sp³-hybridized carbons (Fsp3) is 0.375. The zero-order valence-electron chi connectivity index (χ0n) is 28.2. The van der Waals surface area contributed by atoms with Crippen molar-refractivity contribution in [1.82, 2.24) is 10.2 Å². The molecule has 2 N–H and O–H groups in total. The maximum Gasteiger partial charge on any atom is 0.252 e. The minimum atomic E-state index is -0.337. The number of hydrogen-bond donors (Lipinski definition) is 2. The number of nitrogens with one attached hydrogen (secondary N) is 1. The summed E-state index contributed by atoms with van der Waals surface area (Å²) < 4.78 is 42.6. The second-order valence-corrected chi connectivity index (χ2v) is 14.0. The number of carbonyl (C=O) groups is 1. The van der Waals surface area contributed by atoms with Crippen LogP contribution in [0.1, 0.15) is 57.3 Å². The van der Waals surface area contributed by atoms with Crippen molar-refractivity contribution in [2.24, 2.45) is 5.92 Å². The van der Waals surface area contributed by atoms with E-state index in [9.17, 15) is 14.3 Å². The molecule has 0 bridgehead atoms. The molecule has 0 aliphatic carbocycles. The lowest BCUT2D eigenvalue weighted by atomic mass is 9.75. The number of anilines is 2. The number of nitrogens with zero attached hydrogens (tertiary/aromatic N) is 3. The molecule has 10 heteroatoms. The molecule has 260 valence electrons. The predicted octanol–water partition coefficient (Wildman–Crippen LogP) is 6.27. The van der Waals surface area contributed by atoms with Gasteiger partial charge < -0.3 is 29.7 Å². The van der Waals surface area contributed by atoms with Crippen molar-refractivity contribution in [3.8, 4) is 17.2 Å². The molecular weight excluding hydrogens is 638 g/mol. The fourth-order valence-corrected chi connectivity index (χ4v) is 8.31. The van der Waals surface area contributed by atoms with Crippen molar-refractivity contribution < 1.29 is 28.2 Å². The number of carbonyl (C=O) groups excluding carboxylic acids is 1. The van der Waals surface area contributed by atoms with E-state index in [1.165, 1.54) is 6.07 Å². The molecule has 0 radical (unpaired) electrons. The number of rotatable bonds is 7. The zero-order chi connectivity index (χ0) is 34.4. The standard InChI is InChI=1S/C40H42F2N4O4/c1-49-30-4-2-3-26(17-30)33-24-50-38-20-29(47)6-7-31(38)39(33)27-5-8-36(34(41)18-27)45-11-9-25(10-12-45)23-44-13-15-46(16-14-44)37-19-28-22-43-40(48)32(28)21-35(37)42/h2-8,17-21,25,33,39,47H,9-16,22-24H2,1H3,(H,43,48)/t33-,39-/m1/s1. The number of fused-ring (bicyclic) bond motifs is 2. The van der Waals surface area contributed by atoms with E-state index in [1.807, 2.05) is 42.5 Å². The van der Waals surface area contributed by atoms with Crippen LogP contribution in [-0.2, 0) is 6.54 Å². The number of phenolic OH excluding ortho intramolecular Hbond substituents is 1. The number of methoxy groups -OCH3 is 1. The first-order valence-corrected chi connectivity index (χ1v) is 17.6. The SMILES string of the molecule is COc1cccc([C@H]2COc3cc(O)ccc3[C@H]2c2ccc(N3CCC(CN4CCN(c5cc6c(cc5F)C(=O)NC6)CC4)CC3)c(F)c2)c1. The van der Waals surface area contributed by atoms with Gasteiger partial charge in [-0.25, -0.2) is 8.78 Å². The summed E-state index contributed by atoms with van der Waals surface area (Å²) in [6.45, 7) is 6.61. The summed E-state index contributed by atoms with van der Waals surface area (Å²) in [5.41, 5.74) is 5.35. The van der Waals surface area contributed by atoms with Crippen LogP contribution >= 0.6 is 0 Å². The van der Waals surface area contributed by atoms with Gasteiger partial charge in [-0.05, 0) is 77.9 Å². The average molecular weight is 681 g/mol. The summed E-state index contributed by atoms with van der Waals surface area (Å²) in [7, 11) is 1.65. The third kappa shape index (κ3) is 6.21. The number of benzene rings is 4. The highest BCUT2D eigenvalue weighted by atomic mass is 19.1. The largest absolute Gasteiger partial charge is 0.508 e. The van der Waals surface area contributed by atoms with Gasteiger partial charge in [0.05, 0.1) is 25.1 Å². The van der Waals surface area contributed by atoms with Crippen LogP contribution in [-0.4, -0.2) is 75.4 Å². The third-order valence-electron chi connectivity index (χ3n) is 11.0. The lowest BCUT2D eigenvalue weighted by Crippen LogP contribution is -2.49. The highest BCUT2D eigenvalue weighted by Crippen LogP contribution is 2.48. The topological polar surface area (TPSA) is 77.5 Å². The normalized spacial score (nSPS) is 21.0. The van der Waals surface area contributed by atoms with Crippen LogP contribution in [0.4, 0.5) is 20.2 Å². The monoisotopic (exact) mass is 680 g/mol. The van der Waals surface area contributed by atoms with Gasteiger partial charge in [0, 0.05) is 81.4 Å². The van der Waals surface area contributed by atoms with Crippen LogP contribution in [0.3, 0.4) is 0 Å². The summed E-state index contributed by atoms with van der Waals surface area (Å²) in [5, 5.41) is 12.9. The van der Waals surface area contributed by atoms with E-state index in [0.29, 0.717) is 41.8 Å². The van der Waals surface area contributed by atoms with Crippen LogP contribution in [0.15, 0.2) is 72.8 Å². The molecular formula is C40H42F2N4O4. The van der Waals surface area contributed by atoms with Crippen LogP contribution in [0.2, 0.25) is 0 Å². The molecule has 0 spiro atoms. The highest BCUT2D eigenvalue weighted by Gasteiger charge is 2.35. The average Bonchev–Trinajstić information content (AvgIpc) is 3.50. The second-order valence-electron chi connectivity index (χ2n) is 14.0. The minimum Gasteiger partial charge on any atom is -0.508 e. The molecule has 4 aromatic rings. The molecule has 2 atom stereocenters. The Morgan fingerprint density at radius 2 is 1.64 bits per heavy atom. The highest BCUT2D eigenvalue weighted by molar-refractivity contribution is 5.98. The number of ether oxygens (including phenoxy) is 2. The van der Waals surface area contributed by atoms with Crippen LogP contribution in [0.25, 0.3) is 0 Å². The van der Waals surface area contributed by atoms with Crippen molar-refractivity contribution in [2.75, 3.05) is 69.3 Å². The Balaban J connectivity index is 0.911. The first-order valence-electron chi connectivity index (χ1n) is 17.6. The van der Waals surface area contributed by atoms with E-state index in [-0.39, 0.29) is 35.1 Å². The molecule has 0 aromatic heterocycles. The van der Waals surface area contributed by atoms with Crippen molar-refractivity contribution in [3.05, 3.63) is 112 Å². The summed E-state index contributed by atoms with van der Waals surface area (Å²) in [6.07, 6.45) is 1.97. The number of phenols is 1. The number of piperidine rings is 1. The Kier molecular flexibility index (Phi) is 8.72. The zero-order valence-corrected chi connectivity index (χ0v) is 28.2. The summed E-state index contributed by atoms with van der Waals surface area (Å²) >= 11 is 0. The molecule has 50 heavy (non-hydrogen) atoms. The van der Waals surface area contributed by atoms with Gasteiger partial charge in [-0.3, -0.25) is 9.69 Å². The van der Waals surface area contributed by atoms with E-state index < -0.39 is 0 Å². The number of piperazine rings is 1. The smallest absolute Gasteiger partial charge is 0.252 e. The van der Waals surface area contributed by atoms with Crippen molar-refractivity contribution in [1.29, 1.82) is 0 Å². The summed E-state index contributed by atoms with van der Waals surface area (Å²) in [5.74, 6) is 1.03. The van der Waals surface area contributed by atoms with E-state index in [4.69, 9.17) is 9.47 Å². The quantitative estimate of drug-likeness (QED) is 0.239. The Morgan fingerprint density at radius 3 is 2.42 bits per heavy atom. The molecule has 0 saturated carbocycles. The first-order chi connectivity index (χ1) is 24.3. The Hall–Kier alpha value is -4.83. The van der Waals surface area contributed by atoms with Crippen molar-refractivity contribution in [3.63, 3.8) is 0 Å². The molecule has 8 rings (SSSR count). The molecule has 4 aromatic carbocycles. The molecule has 4 aliphatic heterocycles. The lowest BCUT2D eigenvalue weighted by molar-refractivity contribution is 0.0965. The van der Waals surface area contributed by atoms with E-state index in [2.05, 4.69) is 26.1 Å². The van der Waals surface area contributed by atoms with Gasteiger partial charge in [0.25, 0.3) is 5.91 Å². The minimum absolute atomic E-state index is 0.0691. The van der Waals surface area contributed by atoms with E-state index in [1.54, 1.807) is 25.3 Å². The molecule has 0 unspecified atom stereocenters.